The molecule has 1 fully saturated rings. The number of carbonyl (C=O) groups excluding carboxylic acids is 1. The van der Waals surface area contributed by atoms with E-state index in [1.165, 1.54) is 12.1 Å². The van der Waals surface area contributed by atoms with Crippen LogP contribution < -0.4 is 5.32 Å². The fourth-order valence-corrected chi connectivity index (χ4v) is 3.76. The summed E-state index contributed by atoms with van der Waals surface area (Å²) in [4.78, 5) is 29.7. The second kappa shape index (κ2) is 8.35. The van der Waals surface area contributed by atoms with E-state index in [1.54, 1.807) is 29.4 Å². The Bertz CT molecular complexity index is 1280. The lowest BCUT2D eigenvalue weighted by Gasteiger charge is -2.32. The summed E-state index contributed by atoms with van der Waals surface area (Å²) in [5.74, 6) is -0.532. The van der Waals surface area contributed by atoms with Gasteiger partial charge in [0.15, 0.2) is 0 Å². The number of piperazine rings is 1. The average molecular weight is 431 g/mol. The Labute approximate surface area is 184 Å². The molecule has 1 N–H and O–H groups in total. The van der Waals surface area contributed by atoms with E-state index in [0.717, 1.165) is 24.4 Å². The minimum absolute atomic E-state index is 0.0699. The smallest absolute Gasteiger partial charge is 0.256 e. The lowest BCUT2D eigenvalue weighted by Crippen LogP contribution is -2.47. The van der Waals surface area contributed by atoms with E-state index in [1.807, 2.05) is 35.8 Å². The number of aromatic nitrogens is 4. The van der Waals surface area contributed by atoms with Gasteiger partial charge in [-0.3, -0.25) is 9.20 Å². The molecule has 162 valence electrons. The van der Waals surface area contributed by atoms with Crippen LogP contribution in [0.4, 0.5) is 16.0 Å². The van der Waals surface area contributed by atoms with E-state index in [2.05, 4.69) is 25.2 Å². The Morgan fingerprint density at radius 2 is 1.91 bits per heavy atom. The highest BCUT2D eigenvalue weighted by molar-refractivity contribution is 5.95. The van der Waals surface area contributed by atoms with E-state index >= 15 is 0 Å². The van der Waals surface area contributed by atoms with Gasteiger partial charge in [-0.25, -0.2) is 19.3 Å². The van der Waals surface area contributed by atoms with Crippen molar-refractivity contribution < 1.29 is 9.18 Å². The maximum atomic E-state index is 14.8. The molecule has 1 amide bonds. The summed E-state index contributed by atoms with van der Waals surface area (Å²) in [7, 11) is 2.01. The first kappa shape index (κ1) is 20.1. The van der Waals surface area contributed by atoms with E-state index in [0.29, 0.717) is 30.4 Å². The Hall–Kier alpha value is -3.85. The maximum Gasteiger partial charge on any atom is 0.256 e. The first-order valence-electron chi connectivity index (χ1n) is 10.4. The molecule has 0 bridgehead atoms. The molecule has 4 heterocycles. The normalized spacial score (nSPS) is 14.6. The van der Waals surface area contributed by atoms with Crippen LogP contribution in [-0.2, 0) is 0 Å². The summed E-state index contributed by atoms with van der Waals surface area (Å²) in [5.41, 5.74) is 2.86. The zero-order valence-electron chi connectivity index (χ0n) is 17.6. The summed E-state index contributed by atoms with van der Waals surface area (Å²) in [6, 6.07) is 12.0. The van der Waals surface area contributed by atoms with Crippen molar-refractivity contribution in [2.45, 2.75) is 0 Å². The molecular weight excluding hydrogens is 409 g/mol. The van der Waals surface area contributed by atoms with Gasteiger partial charge < -0.3 is 15.1 Å². The number of imidazole rings is 1. The topological polar surface area (TPSA) is 78.7 Å². The minimum Gasteiger partial charge on any atom is -0.336 e. The second-order valence-corrected chi connectivity index (χ2v) is 7.75. The third-order valence-corrected chi connectivity index (χ3v) is 5.58. The zero-order valence-corrected chi connectivity index (χ0v) is 17.6. The number of anilines is 2. The van der Waals surface area contributed by atoms with Gasteiger partial charge in [-0.05, 0) is 43.4 Å². The fourth-order valence-electron chi connectivity index (χ4n) is 3.76. The molecule has 0 unspecified atom stereocenters. The number of nitrogens with zero attached hydrogens (tertiary/aromatic N) is 6. The van der Waals surface area contributed by atoms with Crippen molar-refractivity contribution in [2.24, 2.45) is 0 Å². The van der Waals surface area contributed by atoms with Gasteiger partial charge in [-0.1, -0.05) is 6.07 Å². The summed E-state index contributed by atoms with van der Waals surface area (Å²) in [6.45, 7) is 2.76. The number of hydrogen-bond donors (Lipinski definition) is 1. The van der Waals surface area contributed by atoms with Crippen molar-refractivity contribution in [3.63, 3.8) is 0 Å². The van der Waals surface area contributed by atoms with Crippen LogP contribution in [0.5, 0.6) is 0 Å². The van der Waals surface area contributed by atoms with Gasteiger partial charge in [-0.15, -0.1) is 0 Å². The molecule has 32 heavy (non-hydrogen) atoms. The number of amides is 1. The standard InChI is InChI=1S/C23H22FN7O/c1-29-10-12-30(13-11-29)22(32)17-6-5-16(14-18(17)24)27-23-25-8-7-19(28-23)20-15-26-21-4-2-3-9-31(20)21/h2-9,14-15H,10-13H2,1H3,(H,25,27,28). The molecule has 8 nitrogen and oxygen atoms in total. The summed E-state index contributed by atoms with van der Waals surface area (Å²) < 4.78 is 16.7. The molecule has 9 heteroatoms. The van der Waals surface area contributed by atoms with Crippen molar-refractivity contribution in [1.29, 1.82) is 0 Å². The molecule has 1 aromatic carbocycles. The molecule has 0 radical (unpaired) electrons. The van der Waals surface area contributed by atoms with Crippen LogP contribution in [0.25, 0.3) is 17.0 Å². The maximum absolute atomic E-state index is 14.8. The van der Waals surface area contributed by atoms with Gasteiger partial charge in [0.2, 0.25) is 5.95 Å². The second-order valence-electron chi connectivity index (χ2n) is 7.75. The highest BCUT2D eigenvalue weighted by atomic mass is 19.1. The fraction of sp³-hybridized carbons (Fsp3) is 0.217. The van der Waals surface area contributed by atoms with Crippen LogP contribution in [0, 0.1) is 5.82 Å². The molecular formula is C23H22FN7O. The van der Waals surface area contributed by atoms with Crippen molar-refractivity contribution in [3.05, 3.63) is 72.4 Å². The van der Waals surface area contributed by atoms with Gasteiger partial charge >= 0.3 is 0 Å². The third-order valence-electron chi connectivity index (χ3n) is 5.58. The molecule has 4 aromatic rings. The Kier molecular flexibility index (Phi) is 5.24. The van der Waals surface area contributed by atoms with Crippen LogP contribution in [0.2, 0.25) is 0 Å². The van der Waals surface area contributed by atoms with Crippen LogP contribution in [0.15, 0.2) is 61.1 Å². The monoisotopic (exact) mass is 431 g/mol. The molecule has 0 saturated carbocycles. The number of hydrogen-bond acceptors (Lipinski definition) is 6. The lowest BCUT2D eigenvalue weighted by atomic mass is 10.1. The quantitative estimate of drug-likeness (QED) is 0.535. The van der Waals surface area contributed by atoms with Crippen molar-refractivity contribution >= 4 is 23.2 Å². The van der Waals surface area contributed by atoms with Gasteiger partial charge in [0.05, 0.1) is 23.1 Å². The number of halogens is 1. The van der Waals surface area contributed by atoms with Crippen LogP contribution >= 0.6 is 0 Å². The summed E-state index contributed by atoms with van der Waals surface area (Å²) >= 11 is 0. The van der Waals surface area contributed by atoms with Gasteiger partial charge in [-0.2, -0.15) is 0 Å². The number of nitrogens with one attached hydrogen (secondary N) is 1. The number of rotatable bonds is 4. The highest BCUT2D eigenvalue weighted by Crippen LogP contribution is 2.22. The largest absolute Gasteiger partial charge is 0.336 e. The number of benzene rings is 1. The van der Waals surface area contributed by atoms with E-state index in [4.69, 9.17) is 0 Å². The summed E-state index contributed by atoms with van der Waals surface area (Å²) in [5, 5.41) is 3.02. The lowest BCUT2D eigenvalue weighted by molar-refractivity contribution is 0.0659. The molecule has 0 atom stereocenters. The van der Waals surface area contributed by atoms with Gasteiger partial charge in [0.1, 0.15) is 11.5 Å². The highest BCUT2D eigenvalue weighted by Gasteiger charge is 2.23. The Balaban J connectivity index is 1.35. The van der Waals surface area contributed by atoms with Gasteiger partial charge in [0.25, 0.3) is 5.91 Å². The number of carbonyl (C=O) groups is 1. The molecule has 1 aliphatic rings. The SMILES string of the molecule is CN1CCN(C(=O)c2ccc(Nc3nccc(-c4cnc5ccccn45)n3)cc2F)CC1. The van der Waals surface area contributed by atoms with Crippen molar-refractivity contribution in [2.75, 3.05) is 38.5 Å². The van der Waals surface area contributed by atoms with Crippen LogP contribution in [0.1, 0.15) is 10.4 Å². The van der Waals surface area contributed by atoms with Crippen molar-refractivity contribution in [1.82, 2.24) is 29.2 Å². The van der Waals surface area contributed by atoms with E-state index in [-0.39, 0.29) is 11.5 Å². The average Bonchev–Trinajstić information content (AvgIpc) is 3.24. The zero-order chi connectivity index (χ0) is 22.1. The number of likely N-dealkylation sites (N-methyl/N-ethyl adjacent to an activating group) is 1. The van der Waals surface area contributed by atoms with Crippen LogP contribution in [-0.4, -0.2) is 68.3 Å². The van der Waals surface area contributed by atoms with E-state index < -0.39 is 5.82 Å². The van der Waals surface area contributed by atoms with Gasteiger partial charge in [0, 0.05) is 44.3 Å². The van der Waals surface area contributed by atoms with Crippen molar-refractivity contribution in [3.8, 4) is 11.4 Å². The number of pyridine rings is 1. The number of fused-ring (bicyclic) bond motifs is 1. The molecule has 5 rings (SSSR count). The predicted octanol–water partition coefficient (Wildman–Crippen LogP) is 3.06. The molecule has 0 spiro atoms. The molecule has 3 aromatic heterocycles. The van der Waals surface area contributed by atoms with Crippen LogP contribution in [0.3, 0.4) is 0 Å². The summed E-state index contributed by atoms with van der Waals surface area (Å²) in [6.07, 6.45) is 5.30. The van der Waals surface area contributed by atoms with E-state index in [9.17, 15) is 9.18 Å². The minimum atomic E-state index is -0.572. The molecule has 1 aliphatic heterocycles. The third kappa shape index (κ3) is 3.90. The first-order valence-corrected chi connectivity index (χ1v) is 10.4. The molecule has 1 saturated heterocycles. The Morgan fingerprint density at radius 1 is 1.06 bits per heavy atom. The first-order chi connectivity index (χ1) is 15.6. The molecule has 0 aliphatic carbocycles. The Morgan fingerprint density at radius 3 is 2.72 bits per heavy atom. The predicted molar refractivity (Wildman–Crippen MR) is 119 cm³/mol.